The molecule has 0 spiro atoms. The zero-order valence-corrected chi connectivity index (χ0v) is 12.1. The number of carbonyl (C=O) groups is 3. The lowest BCUT2D eigenvalue weighted by molar-refractivity contribution is -0.305. The Bertz CT molecular complexity index is 624. The van der Waals surface area contributed by atoms with Gasteiger partial charge in [-0.3, -0.25) is 14.5 Å². The summed E-state index contributed by atoms with van der Waals surface area (Å²) in [5, 5.41) is 10.5. The number of thioether (sulfide) groups is 1. The van der Waals surface area contributed by atoms with Crippen LogP contribution in [0.5, 0.6) is 0 Å². The smallest absolute Gasteiger partial charge is 0.293 e. The lowest BCUT2D eigenvalue weighted by atomic mass is 10.2. The van der Waals surface area contributed by atoms with E-state index in [-0.39, 0.29) is 4.91 Å². The van der Waals surface area contributed by atoms with Crippen molar-refractivity contribution >= 4 is 58.2 Å². The van der Waals surface area contributed by atoms with Crippen LogP contribution in [0.4, 0.5) is 4.79 Å². The van der Waals surface area contributed by atoms with Gasteiger partial charge in [-0.15, -0.1) is 0 Å². The first-order valence-electron chi connectivity index (χ1n) is 5.29. The molecule has 1 aliphatic heterocycles. The third-order valence-electron chi connectivity index (χ3n) is 2.44. The first-order valence-corrected chi connectivity index (χ1v) is 6.86. The molecule has 0 radical (unpaired) electrons. The van der Waals surface area contributed by atoms with E-state index in [1.54, 1.807) is 18.2 Å². The number of carbonyl (C=O) groups excluding carboxylic acids is 3. The molecule has 0 bridgehead atoms. The highest BCUT2D eigenvalue weighted by Crippen LogP contribution is 2.35. The zero-order valence-electron chi connectivity index (χ0n) is 9.76. The van der Waals surface area contributed by atoms with E-state index in [0.717, 1.165) is 0 Å². The molecule has 0 aliphatic carbocycles. The Balaban J connectivity index is 2.35. The van der Waals surface area contributed by atoms with Gasteiger partial charge in [-0.25, -0.2) is 0 Å². The Labute approximate surface area is 128 Å². The van der Waals surface area contributed by atoms with Gasteiger partial charge in [0.1, 0.15) is 0 Å². The summed E-state index contributed by atoms with van der Waals surface area (Å²) >= 11 is 12.5. The number of aliphatic carboxylic acids is 1. The maximum Gasteiger partial charge on any atom is 0.293 e. The van der Waals surface area contributed by atoms with Crippen LogP contribution in [0.1, 0.15) is 5.56 Å². The number of amides is 2. The highest BCUT2D eigenvalue weighted by Gasteiger charge is 2.35. The van der Waals surface area contributed by atoms with Crippen LogP contribution in [-0.2, 0) is 9.59 Å². The number of nitrogens with zero attached hydrogens (tertiary/aromatic N) is 1. The normalized spacial score (nSPS) is 17.1. The van der Waals surface area contributed by atoms with Crippen molar-refractivity contribution in [2.24, 2.45) is 0 Å². The van der Waals surface area contributed by atoms with Crippen LogP contribution >= 0.6 is 35.0 Å². The molecule has 1 aliphatic rings. The average molecular weight is 331 g/mol. The van der Waals surface area contributed by atoms with Gasteiger partial charge in [0.15, 0.2) is 0 Å². The number of imide groups is 1. The van der Waals surface area contributed by atoms with E-state index in [9.17, 15) is 19.5 Å². The summed E-state index contributed by atoms with van der Waals surface area (Å²) in [4.78, 5) is 34.6. The molecule has 8 heteroatoms. The van der Waals surface area contributed by atoms with Crippen molar-refractivity contribution in [3.63, 3.8) is 0 Å². The average Bonchev–Trinajstić information content (AvgIpc) is 2.61. The molecule has 1 aromatic carbocycles. The largest absolute Gasteiger partial charge is 0.548 e. The Morgan fingerprint density at radius 2 is 1.90 bits per heavy atom. The molecule has 0 saturated carbocycles. The maximum absolute atomic E-state index is 11.9. The van der Waals surface area contributed by atoms with E-state index >= 15 is 0 Å². The topological polar surface area (TPSA) is 77.5 Å². The Hall–Kier alpha value is -1.50. The molecule has 0 aromatic heterocycles. The zero-order chi connectivity index (χ0) is 14.9. The second-order valence-electron chi connectivity index (χ2n) is 3.78. The van der Waals surface area contributed by atoms with Crippen LogP contribution in [-0.4, -0.2) is 28.6 Å². The van der Waals surface area contributed by atoms with Crippen LogP contribution in [0.15, 0.2) is 23.1 Å². The number of hydrogen-bond donors (Lipinski definition) is 0. The molecule has 5 nitrogen and oxygen atoms in total. The summed E-state index contributed by atoms with van der Waals surface area (Å²) in [6.45, 7) is -0.780. The first-order chi connectivity index (χ1) is 9.40. The standard InChI is InChI=1S/C12H7Cl2NO4S/c13-7-2-1-3-8(14)6(7)4-9-11(18)15(5-10(16)17)12(19)20-9/h1-4H,5H2,(H,16,17)/p-1/b9-4-. The summed E-state index contributed by atoms with van der Waals surface area (Å²) in [6, 6.07) is 4.82. The lowest BCUT2D eigenvalue weighted by Gasteiger charge is -2.12. The minimum Gasteiger partial charge on any atom is -0.548 e. The molecular formula is C12H6Cl2NO4S-. The quantitative estimate of drug-likeness (QED) is 0.789. The summed E-state index contributed by atoms with van der Waals surface area (Å²) in [5.74, 6) is -2.22. The van der Waals surface area contributed by atoms with Crippen molar-refractivity contribution in [3.05, 3.63) is 38.7 Å². The number of carboxylic acid groups (broad SMARTS) is 1. The summed E-state index contributed by atoms with van der Waals surface area (Å²) in [7, 11) is 0. The fourth-order valence-electron chi connectivity index (χ4n) is 1.55. The van der Waals surface area contributed by atoms with Crippen molar-refractivity contribution in [3.8, 4) is 0 Å². The molecule has 0 unspecified atom stereocenters. The Kier molecular flexibility index (Phi) is 4.37. The molecule has 1 heterocycles. The van der Waals surface area contributed by atoms with Gasteiger partial charge in [-0.2, -0.15) is 0 Å². The highest BCUT2D eigenvalue weighted by molar-refractivity contribution is 8.18. The minimum absolute atomic E-state index is 0.0613. The van der Waals surface area contributed by atoms with Gasteiger partial charge in [0.05, 0.1) is 17.4 Å². The highest BCUT2D eigenvalue weighted by atomic mass is 35.5. The van der Waals surface area contributed by atoms with Crippen LogP contribution in [0.3, 0.4) is 0 Å². The predicted molar refractivity (Wildman–Crippen MR) is 74.1 cm³/mol. The van der Waals surface area contributed by atoms with Gasteiger partial charge >= 0.3 is 0 Å². The van der Waals surface area contributed by atoms with Crippen LogP contribution in [0, 0.1) is 0 Å². The number of halogens is 2. The molecule has 1 fully saturated rings. The minimum atomic E-state index is -1.51. The van der Waals surface area contributed by atoms with Gasteiger partial charge in [-0.1, -0.05) is 29.3 Å². The van der Waals surface area contributed by atoms with Crippen LogP contribution < -0.4 is 5.11 Å². The van der Waals surface area contributed by atoms with Gasteiger partial charge < -0.3 is 9.90 Å². The maximum atomic E-state index is 11.9. The van der Waals surface area contributed by atoms with Crippen molar-refractivity contribution in [1.29, 1.82) is 0 Å². The van der Waals surface area contributed by atoms with Crippen LogP contribution in [0.25, 0.3) is 6.08 Å². The predicted octanol–water partition coefficient (Wildman–Crippen LogP) is 1.78. The molecule has 1 aromatic rings. The van der Waals surface area contributed by atoms with Gasteiger partial charge in [0.2, 0.25) is 0 Å². The summed E-state index contributed by atoms with van der Waals surface area (Å²) in [5.41, 5.74) is 0.398. The molecule has 104 valence electrons. The molecule has 20 heavy (non-hydrogen) atoms. The van der Waals surface area contributed by atoms with E-state index in [0.29, 0.717) is 32.3 Å². The molecule has 1 saturated heterocycles. The summed E-state index contributed by atoms with van der Waals surface area (Å²) < 4.78 is 0. The number of carboxylic acids is 1. The fourth-order valence-corrected chi connectivity index (χ4v) is 2.87. The number of benzene rings is 1. The Morgan fingerprint density at radius 1 is 1.30 bits per heavy atom. The van der Waals surface area contributed by atoms with Crippen LogP contribution in [0.2, 0.25) is 10.0 Å². The molecule has 0 N–H and O–H groups in total. The van der Waals surface area contributed by atoms with Gasteiger partial charge in [-0.05, 0) is 30.0 Å². The van der Waals surface area contributed by atoms with Gasteiger partial charge in [0, 0.05) is 15.6 Å². The second kappa shape index (κ2) is 5.87. The van der Waals surface area contributed by atoms with E-state index in [2.05, 4.69) is 0 Å². The van der Waals surface area contributed by atoms with Crippen molar-refractivity contribution in [1.82, 2.24) is 4.90 Å². The third kappa shape index (κ3) is 2.98. The van der Waals surface area contributed by atoms with Crippen molar-refractivity contribution in [2.45, 2.75) is 0 Å². The molecule has 2 amide bonds. The van der Waals surface area contributed by atoms with Crippen molar-refractivity contribution in [2.75, 3.05) is 6.54 Å². The van der Waals surface area contributed by atoms with Crippen molar-refractivity contribution < 1.29 is 19.5 Å². The molecular weight excluding hydrogens is 325 g/mol. The van der Waals surface area contributed by atoms with E-state index in [1.807, 2.05) is 0 Å². The van der Waals surface area contributed by atoms with E-state index in [4.69, 9.17) is 23.2 Å². The molecule has 0 atom stereocenters. The SMILES string of the molecule is O=C([O-])CN1C(=O)S/C(=C\c2c(Cl)cccc2Cl)C1=O. The first kappa shape index (κ1) is 14.9. The fraction of sp³-hybridized carbons (Fsp3) is 0.0833. The van der Waals surface area contributed by atoms with E-state index < -0.39 is 23.7 Å². The Morgan fingerprint density at radius 3 is 2.45 bits per heavy atom. The van der Waals surface area contributed by atoms with Gasteiger partial charge in [0.25, 0.3) is 11.1 Å². The third-order valence-corrected chi connectivity index (χ3v) is 4.00. The number of hydrogen-bond acceptors (Lipinski definition) is 5. The second-order valence-corrected chi connectivity index (χ2v) is 5.58. The molecule has 2 rings (SSSR count). The lowest BCUT2D eigenvalue weighted by Crippen LogP contribution is -2.40. The summed E-state index contributed by atoms with van der Waals surface area (Å²) in [6.07, 6.45) is 1.37. The monoisotopic (exact) mass is 330 g/mol. The van der Waals surface area contributed by atoms with E-state index in [1.165, 1.54) is 6.08 Å². The number of rotatable bonds is 3.